The number of carbonyl (C=O) groups excluding carboxylic acids is 1. The van der Waals surface area contributed by atoms with Crippen molar-refractivity contribution in [1.82, 2.24) is 30.2 Å². The van der Waals surface area contributed by atoms with Crippen molar-refractivity contribution in [3.05, 3.63) is 82.4 Å². The second-order valence-corrected chi connectivity index (χ2v) is 7.63. The molecule has 0 saturated carbocycles. The van der Waals surface area contributed by atoms with Gasteiger partial charge in [-0.1, -0.05) is 19.1 Å². The van der Waals surface area contributed by atoms with E-state index in [0.717, 1.165) is 34.3 Å². The highest BCUT2D eigenvalue weighted by Crippen LogP contribution is 2.22. The fourth-order valence-electron chi connectivity index (χ4n) is 3.71. The highest BCUT2D eigenvalue weighted by atomic mass is 16.6. The average molecular weight is 455 g/mol. The molecule has 170 valence electrons. The number of hydrogen-bond donors (Lipinski definition) is 3. The zero-order chi connectivity index (χ0) is 23.7. The first-order valence-corrected chi connectivity index (χ1v) is 10.6. The molecule has 10 nitrogen and oxygen atoms in total. The van der Waals surface area contributed by atoms with E-state index in [-0.39, 0.29) is 10.9 Å². The molecule has 3 aromatic heterocycles. The molecular weight excluding hydrogens is 434 g/mol. The van der Waals surface area contributed by atoms with Gasteiger partial charge in [0.2, 0.25) is 11.4 Å². The molecule has 5 rings (SSSR count). The smallest absolute Gasteiger partial charge is 0.280 e. The van der Waals surface area contributed by atoms with Crippen LogP contribution in [0.1, 0.15) is 22.8 Å². The SMILES string of the molecule is CCc1ccc(-n2cc(C(=O)NOC)c(=O)c3cnc(Nc4ccc5cn[nH]c5c4)nc32)cc1. The summed E-state index contributed by atoms with van der Waals surface area (Å²) in [6.45, 7) is 2.07. The first-order valence-electron chi connectivity index (χ1n) is 10.6. The number of benzene rings is 2. The molecule has 3 heterocycles. The normalized spacial score (nSPS) is 11.1. The Morgan fingerprint density at radius 1 is 1.15 bits per heavy atom. The lowest BCUT2D eigenvalue weighted by molar-refractivity contribution is 0.0536. The van der Waals surface area contributed by atoms with Crippen LogP contribution in [0, 0.1) is 0 Å². The maximum atomic E-state index is 13.1. The Morgan fingerprint density at radius 2 is 1.97 bits per heavy atom. The molecule has 5 aromatic rings. The Labute approximate surface area is 193 Å². The van der Waals surface area contributed by atoms with Gasteiger partial charge in [0.15, 0.2) is 5.65 Å². The second kappa shape index (κ2) is 8.75. The van der Waals surface area contributed by atoms with Crippen molar-refractivity contribution in [3.8, 4) is 5.69 Å². The monoisotopic (exact) mass is 455 g/mol. The number of rotatable bonds is 6. The van der Waals surface area contributed by atoms with Crippen LogP contribution >= 0.6 is 0 Å². The van der Waals surface area contributed by atoms with Crippen LogP contribution in [0.5, 0.6) is 0 Å². The van der Waals surface area contributed by atoms with Crippen LogP contribution in [0.2, 0.25) is 0 Å². The van der Waals surface area contributed by atoms with Gasteiger partial charge in [-0.25, -0.2) is 10.5 Å². The van der Waals surface area contributed by atoms with Gasteiger partial charge in [-0.05, 0) is 42.3 Å². The molecule has 0 saturated heterocycles. The number of aromatic amines is 1. The van der Waals surface area contributed by atoms with Gasteiger partial charge in [0, 0.05) is 29.2 Å². The molecule has 10 heteroatoms. The predicted molar refractivity (Wildman–Crippen MR) is 128 cm³/mol. The van der Waals surface area contributed by atoms with Crippen LogP contribution in [0.15, 0.2) is 65.8 Å². The van der Waals surface area contributed by atoms with Gasteiger partial charge < -0.3 is 9.88 Å². The van der Waals surface area contributed by atoms with Gasteiger partial charge >= 0.3 is 0 Å². The molecule has 0 bridgehead atoms. The Bertz CT molecular complexity index is 1570. The average Bonchev–Trinajstić information content (AvgIpc) is 3.32. The van der Waals surface area contributed by atoms with Gasteiger partial charge in [0.1, 0.15) is 5.56 Å². The number of carbonyl (C=O) groups is 1. The third-order valence-electron chi connectivity index (χ3n) is 5.50. The van der Waals surface area contributed by atoms with E-state index in [0.29, 0.717) is 11.6 Å². The van der Waals surface area contributed by atoms with Crippen LogP contribution in [0.3, 0.4) is 0 Å². The molecule has 0 unspecified atom stereocenters. The van der Waals surface area contributed by atoms with Crippen molar-refractivity contribution in [2.45, 2.75) is 13.3 Å². The minimum absolute atomic E-state index is 0.0806. The van der Waals surface area contributed by atoms with Crippen LogP contribution in [-0.4, -0.2) is 37.7 Å². The summed E-state index contributed by atoms with van der Waals surface area (Å²) in [5.74, 6) is -0.345. The third kappa shape index (κ3) is 3.86. The van der Waals surface area contributed by atoms with E-state index in [1.165, 1.54) is 19.5 Å². The molecule has 0 fully saturated rings. The van der Waals surface area contributed by atoms with E-state index in [9.17, 15) is 9.59 Å². The number of aryl methyl sites for hydroxylation is 1. The molecule has 0 atom stereocenters. The maximum Gasteiger partial charge on any atom is 0.280 e. The first-order chi connectivity index (χ1) is 16.6. The quantitative estimate of drug-likeness (QED) is 0.335. The summed E-state index contributed by atoms with van der Waals surface area (Å²) < 4.78 is 1.70. The van der Waals surface area contributed by atoms with Crippen molar-refractivity contribution in [2.24, 2.45) is 0 Å². The largest absolute Gasteiger partial charge is 0.324 e. The first kappa shape index (κ1) is 21.3. The Balaban J connectivity index is 1.65. The standard InChI is InChI=1S/C24H21N7O3/c1-3-14-4-8-17(9-5-14)31-13-19(23(33)30-34-2)21(32)18-12-25-24(28-22(18)31)27-16-7-6-15-11-26-29-20(15)10-16/h4-13H,3H2,1-2H3,(H,26,29)(H,30,33)(H,25,27,28). The minimum Gasteiger partial charge on any atom is -0.324 e. The van der Waals surface area contributed by atoms with Gasteiger partial charge in [-0.3, -0.25) is 19.5 Å². The maximum absolute atomic E-state index is 13.1. The highest BCUT2D eigenvalue weighted by molar-refractivity contribution is 5.96. The van der Waals surface area contributed by atoms with Crippen LogP contribution in [0.25, 0.3) is 27.6 Å². The molecule has 3 N–H and O–H groups in total. The topological polar surface area (TPSA) is 127 Å². The van der Waals surface area contributed by atoms with E-state index >= 15 is 0 Å². The van der Waals surface area contributed by atoms with E-state index in [4.69, 9.17) is 4.84 Å². The number of H-pyrrole nitrogens is 1. The number of fused-ring (bicyclic) bond motifs is 2. The van der Waals surface area contributed by atoms with Crippen LogP contribution < -0.4 is 16.2 Å². The lowest BCUT2D eigenvalue weighted by atomic mass is 10.1. The molecule has 0 radical (unpaired) electrons. The Morgan fingerprint density at radius 3 is 2.74 bits per heavy atom. The van der Waals surface area contributed by atoms with E-state index in [2.05, 4.69) is 37.9 Å². The van der Waals surface area contributed by atoms with Gasteiger partial charge in [0.25, 0.3) is 5.91 Å². The summed E-state index contributed by atoms with van der Waals surface area (Å²) in [4.78, 5) is 39.2. The molecule has 0 aliphatic heterocycles. The van der Waals surface area contributed by atoms with Crippen molar-refractivity contribution in [3.63, 3.8) is 0 Å². The van der Waals surface area contributed by atoms with Crippen molar-refractivity contribution in [1.29, 1.82) is 0 Å². The highest BCUT2D eigenvalue weighted by Gasteiger charge is 2.18. The summed E-state index contributed by atoms with van der Waals surface area (Å²) in [5.41, 5.74) is 5.54. The van der Waals surface area contributed by atoms with Gasteiger partial charge in [-0.2, -0.15) is 10.1 Å². The molecule has 0 spiro atoms. The zero-order valence-corrected chi connectivity index (χ0v) is 18.5. The van der Waals surface area contributed by atoms with Gasteiger partial charge in [0.05, 0.1) is 24.2 Å². The molecule has 1 amide bonds. The Hall–Kier alpha value is -4.57. The lowest BCUT2D eigenvalue weighted by Gasteiger charge is -2.14. The predicted octanol–water partition coefficient (Wildman–Crippen LogP) is 3.25. The zero-order valence-electron chi connectivity index (χ0n) is 18.5. The Kier molecular flexibility index (Phi) is 5.48. The number of hydroxylamine groups is 1. The summed E-state index contributed by atoms with van der Waals surface area (Å²) in [7, 11) is 1.31. The van der Waals surface area contributed by atoms with Gasteiger partial charge in [-0.15, -0.1) is 0 Å². The third-order valence-corrected chi connectivity index (χ3v) is 5.50. The van der Waals surface area contributed by atoms with Crippen molar-refractivity contribution in [2.75, 3.05) is 12.4 Å². The lowest BCUT2D eigenvalue weighted by Crippen LogP contribution is -2.29. The molecule has 34 heavy (non-hydrogen) atoms. The van der Waals surface area contributed by atoms with Crippen molar-refractivity contribution >= 4 is 39.5 Å². The summed E-state index contributed by atoms with van der Waals surface area (Å²) in [5, 5.41) is 11.3. The number of aromatic nitrogens is 5. The number of nitrogens with one attached hydrogen (secondary N) is 3. The molecule has 0 aliphatic carbocycles. The second-order valence-electron chi connectivity index (χ2n) is 7.63. The molecule has 2 aromatic carbocycles. The molecule has 0 aliphatic rings. The van der Waals surface area contributed by atoms with E-state index < -0.39 is 11.3 Å². The number of anilines is 2. The van der Waals surface area contributed by atoms with Crippen molar-refractivity contribution < 1.29 is 9.63 Å². The fraction of sp³-hybridized carbons (Fsp3) is 0.125. The number of pyridine rings is 1. The number of hydrogen-bond acceptors (Lipinski definition) is 7. The van der Waals surface area contributed by atoms with Crippen LogP contribution in [-0.2, 0) is 11.3 Å². The summed E-state index contributed by atoms with van der Waals surface area (Å²) in [6.07, 6.45) is 5.52. The number of amides is 1. The fourth-order valence-corrected chi connectivity index (χ4v) is 3.71. The molecular formula is C24H21N7O3. The van der Waals surface area contributed by atoms with E-state index in [1.807, 2.05) is 42.5 Å². The summed E-state index contributed by atoms with van der Waals surface area (Å²) in [6, 6.07) is 13.5. The van der Waals surface area contributed by atoms with Crippen LogP contribution in [0.4, 0.5) is 11.6 Å². The van der Waals surface area contributed by atoms with E-state index in [1.54, 1.807) is 10.8 Å². The number of nitrogens with zero attached hydrogens (tertiary/aromatic N) is 4. The minimum atomic E-state index is -0.650. The summed E-state index contributed by atoms with van der Waals surface area (Å²) >= 11 is 0.